The predicted molar refractivity (Wildman–Crippen MR) is 106 cm³/mol. The van der Waals surface area contributed by atoms with Gasteiger partial charge in [0.25, 0.3) is 0 Å². The number of hydrogen-bond acceptors (Lipinski definition) is 4. The zero-order chi connectivity index (χ0) is 18.3. The quantitative estimate of drug-likeness (QED) is 0.702. The highest BCUT2D eigenvalue weighted by Crippen LogP contribution is 2.48. The van der Waals surface area contributed by atoms with Gasteiger partial charge in [0.15, 0.2) is 0 Å². The second-order valence-electron chi connectivity index (χ2n) is 7.34. The summed E-state index contributed by atoms with van der Waals surface area (Å²) in [6, 6.07) is 15.9. The standard InChI is InChI=1S/C21H21N3O2S/c25-20(22-13-19-23-15-7-2-4-9-18(15)27-19)24-16-12-21(10-5-11-21)26-17-8-3-1-6-14(16)17/h1-4,6-9,16H,5,10-13H2,(H2,22,24,25). The average Bonchev–Trinajstić information content (AvgIpc) is 3.08. The Morgan fingerprint density at radius 2 is 2.00 bits per heavy atom. The molecule has 5 nitrogen and oxygen atoms in total. The van der Waals surface area contributed by atoms with Crippen LogP contribution in [-0.4, -0.2) is 16.6 Å². The Bertz CT molecular complexity index is 963. The molecule has 1 spiro atoms. The molecule has 2 N–H and O–H groups in total. The molecule has 1 aliphatic heterocycles. The molecule has 2 amide bonds. The Kier molecular flexibility index (Phi) is 4.01. The fourth-order valence-corrected chi connectivity index (χ4v) is 4.89. The lowest BCUT2D eigenvalue weighted by Gasteiger charge is -2.47. The van der Waals surface area contributed by atoms with E-state index in [9.17, 15) is 4.79 Å². The van der Waals surface area contributed by atoms with E-state index in [1.165, 1.54) is 6.42 Å². The Morgan fingerprint density at radius 1 is 1.19 bits per heavy atom. The maximum absolute atomic E-state index is 12.5. The van der Waals surface area contributed by atoms with E-state index in [-0.39, 0.29) is 17.7 Å². The van der Waals surface area contributed by atoms with Crippen molar-refractivity contribution in [1.29, 1.82) is 0 Å². The predicted octanol–water partition coefficient (Wildman–Crippen LogP) is 4.54. The van der Waals surface area contributed by atoms with Crippen LogP contribution in [0.5, 0.6) is 5.75 Å². The first-order valence-corrected chi connectivity index (χ1v) is 10.2. The maximum atomic E-state index is 12.5. The summed E-state index contributed by atoms with van der Waals surface area (Å²) < 4.78 is 7.39. The summed E-state index contributed by atoms with van der Waals surface area (Å²) in [6.45, 7) is 0.432. The summed E-state index contributed by atoms with van der Waals surface area (Å²) in [6.07, 6.45) is 4.15. The zero-order valence-electron chi connectivity index (χ0n) is 14.9. The van der Waals surface area contributed by atoms with Crippen LogP contribution in [0.25, 0.3) is 10.2 Å². The van der Waals surface area contributed by atoms with Crippen LogP contribution in [-0.2, 0) is 6.54 Å². The van der Waals surface area contributed by atoms with Crippen LogP contribution in [0.1, 0.15) is 42.3 Å². The highest BCUT2D eigenvalue weighted by Gasteiger charge is 2.45. The summed E-state index contributed by atoms with van der Waals surface area (Å²) in [5.74, 6) is 0.903. The van der Waals surface area contributed by atoms with Gasteiger partial charge in [0.1, 0.15) is 16.4 Å². The molecule has 3 aromatic rings. The minimum Gasteiger partial charge on any atom is -0.487 e. The van der Waals surface area contributed by atoms with Gasteiger partial charge in [0, 0.05) is 12.0 Å². The van der Waals surface area contributed by atoms with Gasteiger partial charge in [-0.2, -0.15) is 0 Å². The Morgan fingerprint density at radius 3 is 2.81 bits per heavy atom. The molecule has 1 aliphatic carbocycles. The third kappa shape index (κ3) is 3.14. The second-order valence-corrected chi connectivity index (χ2v) is 8.45. The van der Waals surface area contributed by atoms with Crippen molar-refractivity contribution in [3.05, 3.63) is 59.1 Å². The number of urea groups is 1. The van der Waals surface area contributed by atoms with Gasteiger partial charge in [-0.05, 0) is 37.5 Å². The highest BCUT2D eigenvalue weighted by atomic mass is 32.1. The number of hydrogen-bond donors (Lipinski definition) is 2. The number of rotatable bonds is 3. The van der Waals surface area contributed by atoms with Crippen LogP contribution in [0.2, 0.25) is 0 Å². The summed E-state index contributed by atoms with van der Waals surface area (Å²) in [5, 5.41) is 7.02. The first kappa shape index (κ1) is 16.6. The number of nitrogens with zero attached hydrogens (tertiary/aromatic N) is 1. The van der Waals surface area contributed by atoms with Crippen molar-refractivity contribution in [2.24, 2.45) is 0 Å². The minimum atomic E-state index is -0.162. The lowest BCUT2D eigenvalue weighted by molar-refractivity contribution is -0.0355. The van der Waals surface area contributed by atoms with Crippen LogP contribution >= 0.6 is 11.3 Å². The molecule has 5 rings (SSSR count). The van der Waals surface area contributed by atoms with Crippen LogP contribution < -0.4 is 15.4 Å². The van der Waals surface area contributed by atoms with Crippen molar-refractivity contribution in [3.8, 4) is 5.75 Å². The lowest BCUT2D eigenvalue weighted by Crippen LogP contribution is -2.50. The topological polar surface area (TPSA) is 63.2 Å². The molecule has 2 aromatic carbocycles. The largest absolute Gasteiger partial charge is 0.487 e. The van der Waals surface area contributed by atoms with E-state index in [1.54, 1.807) is 11.3 Å². The van der Waals surface area contributed by atoms with Crippen LogP contribution in [0, 0.1) is 0 Å². The SMILES string of the molecule is O=C(NCc1nc2ccccc2s1)NC1CC2(CCC2)Oc2ccccc21. The number of carbonyl (C=O) groups excluding carboxylic acids is 1. The molecule has 2 aliphatic rings. The van der Waals surface area contributed by atoms with Gasteiger partial charge in [-0.3, -0.25) is 0 Å². The summed E-state index contributed by atoms with van der Waals surface area (Å²) in [4.78, 5) is 17.1. The summed E-state index contributed by atoms with van der Waals surface area (Å²) in [7, 11) is 0. The number of aromatic nitrogens is 1. The van der Waals surface area contributed by atoms with Gasteiger partial charge in [-0.1, -0.05) is 30.3 Å². The molecule has 6 heteroatoms. The molecular formula is C21H21N3O2S. The van der Waals surface area contributed by atoms with Crippen molar-refractivity contribution in [2.45, 2.75) is 43.9 Å². The molecule has 0 radical (unpaired) electrons. The minimum absolute atomic E-state index is 0.0226. The summed E-state index contributed by atoms with van der Waals surface area (Å²) >= 11 is 1.61. The molecular weight excluding hydrogens is 358 g/mol. The average molecular weight is 379 g/mol. The number of benzene rings is 2. The zero-order valence-corrected chi connectivity index (χ0v) is 15.7. The first-order chi connectivity index (χ1) is 13.2. The number of carbonyl (C=O) groups is 1. The van der Waals surface area contributed by atoms with Gasteiger partial charge in [-0.25, -0.2) is 9.78 Å². The number of ether oxygens (including phenoxy) is 1. The third-order valence-corrected chi connectivity index (χ3v) is 6.54. The number of amides is 2. The Balaban J connectivity index is 1.27. The molecule has 0 saturated heterocycles. The van der Waals surface area contributed by atoms with E-state index in [1.807, 2.05) is 48.5 Å². The van der Waals surface area contributed by atoms with Crippen molar-refractivity contribution in [2.75, 3.05) is 0 Å². The molecule has 1 atom stereocenters. The molecule has 2 heterocycles. The van der Waals surface area contributed by atoms with Crippen LogP contribution in [0.4, 0.5) is 4.79 Å². The Hall–Kier alpha value is -2.60. The van der Waals surface area contributed by atoms with E-state index in [4.69, 9.17) is 4.74 Å². The lowest BCUT2D eigenvalue weighted by atomic mass is 9.73. The van der Waals surface area contributed by atoms with Crippen molar-refractivity contribution >= 4 is 27.6 Å². The van der Waals surface area contributed by atoms with Crippen LogP contribution in [0.3, 0.4) is 0 Å². The second kappa shape index (κ2) is 6.53. The fraction of sp³-hybridized carbons (Fsp3) is 0.333. The third-order valence-electron chi connectivity index (χ3n) is 5.51. The van der Waals surface area contributed by atoms with E-state index >= 15 is 0 Å². The first-order valence-electron chi connectivity index (χ1n) is 9.38. The maximum Gasteiger partial charge on any atom is 0.315 e. The van der Waals surface area contributed by atoms with E-state index < -0.39 is 0 Å². The molecule has 0 bridgehead atoms. The number of nitrogens with one attached hydrogen (secondary N) is 2. The monoisotopic (exact) mass is 379 g/mol. The van der Waals surface area contributed by atoms with Gasteiger partial charge >= 0.3 is 6.03 Å². The molecule has 1 fully saturated rings. The van der Waals surface area contributed by atoms with Gasteiger partial charge in [-0.15, -0.1) is 11.3 Å². The fourth-order valence-electron chi connectivity index (χ4n) is 3.99. The van der Waals surface area contributed by atoms with Gasteiger partial charge in [0.2, 0.25) is 0 Å². The normalized spacial score (nSPS) is 19.8. The number of fused-ring (bicyclic) bond motifs is 2. The van der Waals surface area contributed by atoms with Crippen LogP contribution in [0.15, 0.2) is 48.5 Å². The Labute approximate surface area is 161 Å². The van der Waals surface area contributed by atoms with Crippen molar-refractivity contribution in [3.63, 3.8) is 0 Å². The van der Waals surface area contributed by atoms with Crippen molar-refractivity contribution < 1.29 is 9.53 Å². The van der Waals surface area contributed by atoms with Gasteiger partial charge in [0.05, 0.1) is 22.8 Å². The van der Waals surface area contributed by atoms with E-state index in [0.717, 1.165) is 45.8 Å². The molecule has 1 saturated carbocycles. The number of para-hydroxylation sites is 2. The van der Waals surface area contributed by atoms with Crippen molar-refractivity contribution in [1.82, 2.24) is 15.6 Å². The molecule has 138 valence electrons. The molecule has 27 heavy (non-hydrogen) atoms. The number of thiazole rings is 1. The van der Waals surface area contributed by atoms with E-state index in [0.29, 0.717) is 6.54 Å². The smallest absolute Gasteiger partial charge is 0.315 e. The molecule has 1 unspecified atom stereocenters. The van der Waals surface area contributed by atoms with E-state index in [2.05, 4.69) is 15.6 Å². The van der Waals surface area contributed by atoms with Gasteiger partial charge < -0.3 is 15.4 Å². The summed E-state index contributed by atoms with van der Waals surface area (Å²) in [5.41, 5.74) is 1.94. The highest BCUT2D eigenvalue weighted by molar-refractivity contribution is 7.18. The molecule has 1 aromatic heterocycles.